The summed E-state index contributed by atoms with van der Waals surface area (Å²) in [5.74, 6) is 0.310. The fourth-order valence-electron chi connectivity index (χ4n) is 2.37. The zero-order valence-electron chi connectivity index (χ0n) is 13.8. The number of anilines is 2. The smallest absolute Gasteiger partial charge is 0.176 e. The third kappa shape index (κ3) is 4.52. The largest absolute Gasteiger partial charge is 0.332 e. The molecule has 0 atom stereocenters. The molecule has 0 fully saturated rings. The van der Waals surface area contributed by atoms with E-state index in [2.05, 4.69) is 15.7 Å². The molecule has 134 valence electrons. The minimum atomic E-state index is -0.256. The van der Waals surface area contributed by atoms with Crippen LogP contribution in [0.4, 0.5) is 15.9 Å². The summed E-state index contributed by atoms with van der Waals surface area (Å²) in [6, 6.07) is 13.6. The number of nitrogens with zero attached hydrogens (tertiary/aromatic N) is 2. The number of benzene rings is 2. The van der Waals surface area contributed by atoms with E-state index in [1.807, 2.05) is 13.0 Å². The third-order valence-corrected chi connectivity index (χ3v) is 4.62. The molecule has 3 rings (SSSR count). The van der Waals surface area contributed by atoms with Gasteiger partial charge in [-0.2, -0.15) is 5.10 Å². The van der Waals surface area contributed by atoms with Gasteiger partial charge in [0.25, 0.3) is 0 Å². The first-order valence-electron chi connectivity index (χ1n) is 7.73. The number of aryl methyl sites for hydroxylation is 1. The lowest BCUT2D eigenvalue weighted by molar-refractivity contribution is 0.581. The highest BCUT2D eigenvalue weighted by Crippen LogP contribution is 2.25. The molecule has 2 aromatic carbocycles. The average molecular weight is 409 g/mol. The van der Waals surface area contributed by atoms with E-state index in [1.54, 1.807) is 41.1 Å². The highest BCUT2D eigenvalue weighted by atomic mass is 35.5. The molecule has 4 nitrogen and oxygen atoms in total. The van der Waals surface area contributed by atoms with E-state index < -0.39 is 0 Å². The van der Waals surface area contributed by atoms with Crippen molar-refractivity contribution in [3.8, 4) is 0 Å². The lowest BCUT2D eigenvalue weighted by Gasteiger charge is -2.09. The van der Waals surface area contributed by atoms with Gasteiger partial charge in [-0.3, -0.25) is 4.68 Å². The van der Waals surface area contributed by atoms with Gasteiger partial charge in [0.2, 0.25) is 0 Å². The number of hydrogen-bond acceptors (Lipinski definition) is 2. The number of rotatable bonds is 4. The minimum Gasteiger partial charge on any atom is -0.332 e. The molecule has 2 N–H and O–H groups in total. The predicted molar refractivity (Wildman–Crippen MR) is 109 cm³/mol. The van der Waals surface area contributed by atoms with Crippen molar-refractivity contribution in [3.05, 3.63) is 75.7 Å². The Bertz CT molecular complexity index is 958. The molecule has 1 heterocycles. The first kappa shape index (κ1) is 18.6. The van der Waals surface area contributed by atoms with Crippen LogP contribution < -0.4 is 10.6 Å². The Balaban J connectivity index is 1.67. The Hall–Kier alpha value is -2.15. The number of nitrogens with one attached hydrogen (secondary N) is 2. The maximum absolute atomic E-state index is 13.8. The monoisotopic (exact) mass is 408 g/mol. The number of thiocarbonyl (C=S) groups is 1. The van der Waals surface area contributed by atoms with Crippen LogP contribution in [-0.2, 0) is 6.54 Å². The van der Waals surface area contributed by atoms with E-state index in [1.165, 1.54) is 6.07 Å². The fraction of sp³-hybridized carbons (Fsp3) is 0.111. The van der Waals surface area contributed by atoms with Crippen LogP contribution in [0.5, 0.6) is 0 Å². The van der Waals surface area contributed by atoms with Crippen LogP contribution in [0.15, 0.2) is 48.5 Å². The Kier molecular flexibility index (Phi) is 5.76. The van der Waals surface area contributed by atoms with Gasteiger partial charge < -0.3 is 10.6 Å². The molecule has 0 spiro atoms. The standard InChI is InChI=1S/C18H15Cl2FN4S/c1-11-8-17(24-25(11)10-12-4-2-3-5-16(12)21)23-18(26)22-13-6-7-14(19)15(20)9-13/h2-9H,10H2,1H3,(H2,22,23,24,26). The van der Waals surface area contributed by atoms with E-state index >= 15 is 0 Å². The molecule has 0 unspecified atom stereocenters. The lowest BCUT2D eigenvalue weighted by atomic mass is 10.2. The quantitative estimate of drug-likeness (QED) is 0.559. The van der Waals surface area contributed by atoms with E-state index in [-0.39, 0.29) is 5.82 Å². The summed E-state index contributed by atoms with van der Waals surface area (Å²) in [7, 11) is 0. The second kappa shape index (κ2) is 8.03. The van der Waals surface area contributed by atoms with Gasteiger partial charge in [-0.1, -0.05) is 41.4 Å². The van der Waals surface area contributed by atoms with E-state index in [0.717, 1.165) is 5.69 Å². The molecule has 0 aliphatic heterocycles. The average Bonchev–Trinajstić information content (AvgIpc) is 2.92. The van der Waals surface area contributed by atoms with Crippen LogP contribution in [-0.4, -0.2) is 14.9 Å². The van der Waals surface area contributed by atoms with Gasteiger partial charge in [-0.25, -0.2) is 4.39 Å². The Morgan fingerprint density at radius 1 is 1.12 bits per heavy atom. The van der Waals surface area contributed by atoms with Gasteiger partial charge in [0.15, 0.2) is 10.9 Å². The molecule has 0 aliphatic carbocycles. The zero-order valence-corrected chi connectivity index (χ0v) is 16.1. The van der Waals surface area contributed by atoms with Gasteiger partial charge >= 0.3 is 0 Å². The molecule has 0 radical (unpaired) electrons. The molecule has 0 saturated carbocycles. The first-order chi connectivity index (χ1) is 12.4. The molecule has 26 heavy (non-hydrogen) atoms. The third-order valence-electron chi connectivity index (χ3n) is 3.68. The van der Waals surface area contributed by atoms with Crippen molar-refractivity contribution in [2.24, 2.45) is 0 Å². The maximum Gasteiger partial charge on any atom is 0.176 e. The lowest BCUT2D eigenvalue weighted by Crippen LogP contribution is -2.19. The maximum atomic E-state index is 13.8. The van der Waals surface area contributed by atoms with Gasteiger partial charge in [-0.05, 0) is 43.4 Å². The summed E-state index contributed by atoms with van der Waals surface area (Å²) in [6.07, 6.45) is 0. The van der Waals surface area contributed by atoms with Crippen molar-refractivity contribution in [1.82, 2.24) is 9.78 Å². The second-order valence-electron chi connectivity index (χ2n) is 5.63. The SMILES string of the molecule is Cc1cc(NC(=S)Nc2ccc(Cl)c(Cl)c2)nn1Cc1ccccc1F. The summed E-state index contributed by atoms with van der Waals surface area (Å²) < 4.78 is 15.5. The van der Waals surface area contributed by atoms with Crippen molar-refractivity contribution in [3.63, 3.8) is 0 Å². The second-order valence-corrected chi connectivity index (χ2v) is 6.85. The van der Waals surface area contributed by atoms with Crippen molar-refractivity contribution >= 4 is 52.0 Å². The minimum absolute atomic E-state index is 0.256. The number of halogens is 3. The Labute approximate surface area is 165 Å². The normalized spacial score (nSPS) is 10.6. The van der Waals surface area contributed by atoms with Gasteiger partial charge in [0.05, 0.1) is 16.6 Å². The Morgan fingerprint density at radius 2 is 1.88 bits per heavy atom. The highest BCUT2D eigenvalue weighted by molar-refractivity contribution is 7.80. The van der Waals surface area contributed by atoms with Crippen LogP contribution >= 0.6 is 35.4 Å². The molecule has 8 heteroatoms. The molecule has 0 saturated heterocycles. The van der Waals surface area contributed by atoms with Crippen LogP contribution in [0.2, 0.25) is 10.0 Å². The fourth-order valence-corrected chi connectivity index (χ4v) is 2.89. The van der Waals surface area contributed by atoms with Crippen LogP contribution in [0.25, 0.3) is 0 Å². The first-order valence-corrected chi connectivity index (χ1v) is 8.89. The Morgan fingerprint density at radius 3 is 2.62 bits per heavy atom. The van der Waals surface area contributed by atoms with E-state index in [9.17, 15) is 4.39 Å². The zero-order chi connectivity index (χ0) is 18.7. The van der Waals surface area contributed by atoms with E-state index in [0.29, 0.717) is 38.8 Å². The van der Waals surface area contributed by atoms with Crippen molar-refractivity contribution in [2.45, 2.75) is 13.5 Å². The molecule has 0 amide bonds. The summed E-state index contributed by atoms with van der Waals surface area (Å²) in [5.41, 5.74) is 2.16. The molecule has 1 aromatic heterocycles. The number of aromatic nitrogens is 2. The van der Waals surface area contributed by atoms with Crippen LogP contribution in [0, 0.1) is 12.7 Å². The van der Waals surface area contributed by atoms with Crippen molar-refractivity contribution < 1.29 is 4.39 Å². The van der Waals surface area contributed by atoms with Gasteiger partial charge in [-0.15, -0.1) is 0 Å². The number of hydrogen-bond donors (Lipinski definition) is 2. The van der Waals surface area contributed by atoms with Crippen LogP contribution in [0.1, 0.15) is 11.3 Å². The van der Waals surface area contributed by atoms with Crippen LogP contribution in [0.3, 0.4) is 0 Å². The topological polar surface area (TPSA) is 41.9 Å². The molecule has 3 aromatic rings. The van der Waals surface area contributed by atoms with Gasteiger partial charge in [0.1, 0.15) is 5.82 Å². The summed E-state index contributed by atoms with van der Waals surface area (Å²) in [4.78, 5) is 0. The molecular weight excluding hydrogens is 394 g/mol. The summed E-state index contributed by atoms with van der Waals surface area (Å²) >= 11 is 17.2. The van der Waals surface area contributed by atoms with Gasteiger partial charge in [0, 0.05) is 23.0 Å². The molecule has 0 aliphatic rings. The summed E-state index contributed by atoms with van der Waals surface area (Å²) in [5, 5.41) is 11.7. The summed E-state index contributed by atoms with van der Waals surface area (Å²) in [6.45, 7) is 2.24. The molecular formula is C18H15Cl2FN4S. The van der Waals surface area contributed by atoms with E-state index in [4.69, 9.17) is 35.4 Å². The molecule has 0 bridgehead atoms. The highest BCUT2D eigenvalue weighted by Gasteiger charge is 2.09. The van der Waals surface area contributed by atoms with Crippen molar-refractivity contribution in [1.29, 1.82) is 0 Å². The predicted octanol–water partition coefficient (Wildman–Crippen LogP) is 5.49. The van der Waals surface area contributed by atoms with Crippen molar-refractivity contribution in [2.75, 3.05) is 10.6 Å².